The van der Waals surface area contributed by atoms with Crippen LogP contribution in [0.15, 0.2) is 46.3 Å². The topological polar surface area (TPSA) is 63.8 Å². The number of nitriles is 1. The maximum Gasteiger partial charge on any atom is 0.0992 e. The minimum absolute atomic E-state index is 0.194. The molecule has 0 bridgehead atoms. The van der Waals surface area contributed by atoms with Crippen molar-refractivity contribution in [2.24, 2.45) is 16.3 Å². The molecule has 0 amide bonds. The fourth-order valence-corrected chi connectivity index (χ4v) is 2.16. The molecule has 0 saturated heterocycles. The van der Waals surface area contributed by atoms with E-state index in [4.69, 9.17) is 5.26 Å². The van der Waals surface area contributed by atoms with Gasteiger partial charge in [0.2, 0.25) is 0 Å². The Balaban J connectivity index is 2.69. The number of hydrogen-bond acceptors (Lipinski definition) is 4. The second kappa shape index (κ2) is 10.5. The summed E-state index contributed by atoms with van der Waals surface area (Å²) in [7, 11) is 1.95. The van der Waals surface area contributed by atoms with Crippen molar-refractivity contribution in [3.05, 3.63) is 41.5 Å². The van der Waals surface area contributed by atoms with Crippen LogP contribution >= 0.6 is 0 Å². The molecule has 2 atom stereocenters. The molecule has 1 aromatic rings. The van der Waals surface area contributed by atoms with Crippen LogP contribution in [0.25, 0.3) is 0 Å². The van der Waals surface area contributed by atoms with Crippen molar-refractivity contribution in [2.45, 2.75) is 53.1 Å². The predicted octanol–water partition coefficient (Wildman–Crippen LogP) is 5.04. The summed E-state index contributed by atoms with van der Waals surface area (Å²) < 4.78 is 0. The van der Waals surface area contributed by atoms with E-state index in [9.17, 15) is 0 Å². The molecule has 0 aliphatic carbocycles. The van der Waals surface area contributed by atoms with Crippen LogP contribution < -0.4 is 5.32 Å². The lowest BCUT2D eigenvalue weighted by Gasteiger charge is -2.23. The van der Waals surface area contributed by atoms with E-state index in [-0.39, 0.29) is 12.1 Å². The van der Waals surface area contributed by atoms with Gasteiger partial charge in [-0.3, -0.25) is 5.01 Å². The maximum atomic E-state index is 9.05. The zero-order valence-corrected chi connectivity index (χ0v) is 16.3. The molecule has 1 aromatic carbocycles. The van der Waals surface area contributed by atoms with Crippen LogP contribution in [-0.4, -0.2) is 30.7 Å². The van der Waals surface area contributed by atoms with Crippen molar-refractivity contribution in [1.29, 1.82) is 5.26 Å². The number of nitrogens with one attached hydrogen (secondary N) is 1. The lowest BCUT2D eigenvalue weighted by atomic mass is 10.0. The van der Waals surface area contributed by atoms with Crippen LogP contribution in [0.3, 0.4) is 0 Å². The van der Waals surface area contributed by atoms with Crippen LogP contribution in [0.5, 0.6) is 0 Å². The summed E-state index contributed by atoms with van der Waals surface area (Å²) in [6.07, 6.45) is 3.02. The first-order chi connectivity index (χ1) is 11.9. The molecule has 0 saturated carbocycles. The summed E-state index contributed by atoms with van der Waals surface area (Å²) >= 11 is 0. The molecule has 0 radical (unpaired) electrons. The summed E-state index contributed by atoms with van der Waals surface area (Å²) in [6.45, 7) is 11.3. The Kier molecular flexibility index (Phi) is 8.69. The van der Waals surface area contributed by atoms with Gasteiger partial charge in [-0.05, 0) is 51.3 Å². The zero-order valence-electron chi connectivity index (χ0n) is 16.3. The molecule has 1 N–H and O–H groups in total. The van der Waals surface area contributed by atoms with Crippen molar-refractivity contribution >= 4 is 5.69 Å². The van der Waals surface area contributed by atoms with Crippen molar-refractivity contribution in [2.75, 3.05) is 18.9 Å². The first-order valence-electron chi connectivity index (χ1n) is 8.88. The maximum absolute atomic E-state index is 9.05. The van der Waals surface area contributed by atoms with Gasteiger partial charge >= 0.3 is 0 Å². The molecule has 0 aliphatic heterocycles. The monoisotopic (exact) mass is 341 g/mol. The van der Waals surface area contributed by atoms with Crippen molar-refractivity contribution in [1.82, 2.24) is 5.01 Å². The predicted molar refractivity (Wildman–Crippen MR) is 104 cm³/mol. The van der Waals surface area contributed by atoms with Gasteiger partial charge in [-0.2, -0.15) is 10.4 Å². The molecule has 0 aliphatic rings. The normalized spacial score (nSPS) is 14.4. The average Bonchev–Trinajstić information content (AvgIpc) is 2.62. The molecule has 5 nitrogen and oxygen atoms in total. The second-order valence-electron chi connectivity index (χ2n) is 6.78. The van der Waals surface area contributed by atoms with Gasteiger partial charge in [0.15, 0.2) is 0 Å². The van der Waals surface area contributed by atoms with Crippen LogP contribution in [0.2, 0.25) is 0 Å². The van der Waals surface area contributed by atoms with Crippen molar-refractivity contribution in [3.63, 3.8) is 0 Å². The highest BCUT2D eigenvalue weighted by Crippen LogP contribution is 2.17. The number of benzene rings is 1. The Labute approximate surface area is 152 Å². The van der Waals surface area contributed by atoms with Gasteiger partial charge in [0, 0.05) is 25.3 Å². The molecule has 0 spiro atoms. The van der Waals surface area contributed by atoms with E-state index in [1.54, 1.807) is 0 Å². The highest BCUT2D eigenvalue weighted by molar-refractivity contribution is 5.50. The fourth-order valence-electron chi connectivity index (χ4n) is 2.16. The standard InChI is InChI=1S/C20H31N5/c1-7-16(4)20(22-19-10-8-9-18(13-19)14-21)11-12-25(6)24-23-17(5)15(2)3/h7-10,13,15,17,20,22H,11-12H2,1-6H3/b16-7+,24-23-. The molecule has 2 unspecified atom stereocenters. The first-order valence-corrected chi connectivity index (χ1v) is 8.88. The molecule has 0 fully saturated rings. The quantitative estimate of drug-likeness (QED) is 0.389. The fraction of sp³-hybridized carbons (Fsp3) is 0.550. The lowest BCUT2D eigenvalue weighted by molar-refractivity contribution is 0.304. The SMILES string of the molecule is C/C=C(\C)C(CCN(C)/N=N\C(C)C(C)C)Nc1cccc(C#N)c1. The van der Waals surface area contributed by atoms with Crippen LogP contribution in [0.4, 0.5) is 5.69 Å². The molecular formula is C20H31N5. The van der Waals surface area contributed by atoms with Gasteiger partial charge in [-0.25, -0.2) is 0 Å². The number of anilines is 1. The second-order valence-corrected chi connectivity index (χ2v) is 6.78. The van der Waals surface area contributed by atoms with E-state index in [2.05, 4.69) is 55.5 Å². The molecule has 25 heavy (non-hydrogen) atoms. The summed E-state index contributed by atoms with van der Waals surface area (Å²) in [5, 5.41) is 23.1. The van der Waals surface area contributed by atoms with Gasteiger partial charge < -0.3 is 5.32 Å². The molecular weight excluding hydrogens is 310 g/mol. The van der Waals surface area contributed by atoms with Crippen LogP contribution in [-0.2, 0) is 0 Å². The van der Waals surface area contributed by atoms with E-state index < -0.39 is 0 Å². The minimum Gasteiger partial charge on any atom is -0.378 e. The van der Waals surface area contributed by atoms with Gasteiger partial charge in [0.05, 0.1) is 17.7 Å². The Morgan fingerprint density at radius 3 is 2.68 bits per heavy atom. The number of hydrogen-bond donors (Lipinski definition) is 1. The van der Waals surface area contributed by atoms with Crippen LogP contribution in [0.1, 0.15) is 46.6 Å². The van der Waals surface area contributed by atoms with E-state index in [0.29, 0.717) is 11.5 Å². The van der Waals surface area contributed by atoms with E-state index in [1.807, 2.05) is 43.2 Å². The zero-order chi connectivity index (χ0) is 18.8. The molecule has 0 heterocycles. The Morgan fingerprint density at radius 1 is 1.36 bits per heavy atom. The van der Waals surface area contributed by atoms with E-state index >= 15 is 0 Å². The Hall–Kier alpha value is -2.35. The number of nitrogens with zero attached hydrogens (tertiary/aromatic N) is 4. The smallest absolute Gasteiger partial charge is 0.0992 e. The summed E-state index contributed by atoms with van der Waals surface area (Å²) in [6, 6.07) is 10.2. The minimum atomic E-state index is 0.194. The van der Waals surface area contributed by atoms with Crippen molar-refractivity contribution < 1.29 is 0 Å². The van der Waals surface area contributed by atoms with Gasteiger partial charge in [0.25, 0.3) is 0 Å². The average molecular weight is 342 g/mol. The van der Waals surface area contributed by atoms with Crippen molar-refractivity contribution in [3.8, 4) is 6.07 Å². The number of allylic oxidation sites excluding steroid dienone is 1. The largest absolute Gasteiger partial charge is 0.378 e. The van der Waals surface area contributed by atoms with E-state index in [0.717, 1.165) is 18.7 Å². The lowest BCUT2D eigenvalue weighted by Crippen LogP contribution is -2.26. The molecule has 1 rings (SSSR count). The van der Waals surface area contributed by atoms with Gasteiger partial charge in [-0.15, -0.1) is 0 Å². The van der Waals surface area contributed by atoms with Crippen LogP contribution in [0, 0.1) is 17.2 Å². The summed E-state index contributed by atoms with van der Waals surface area (Å²) in [4.78, 5) is 0. The molecule has 0 aromatic heterocycles. The Morgan fingerprint density at radius 2 is 2.08 bits per heavy atom. The van der Waals surface area contributed by atoms with Gasteiger partial charge in [0.1, 0.15) is 0 Å². The third kappa shape index (κ3) is 7.38. The van der Waals surface area contributed by atoms with Gasteiger partial charge in [-0.1, -0.05) is 36.8 Å². The first kappa shape index (κ1) is 20.7. The third-order valence-electron chi connectivity index (χ3n) is 4.43. The molecule has 5 heteroatoms. The molecule has 136 valence electrons. The Bertz CT molecular complexity index is 627. The number of rotatable bonds is 9. The van der Waals surface area contributed by atoms with E-state index in [1.165, 1.54) is 5.57 Å². The summed E-state index contributed by atoms with van der Waals surface area (Å²) in [5.74, 6) is 0.490. The highest BCUT2D eigenvalue weighted by Gasteiger charge is 2.12. The summed E-state index contributed by atoms with van der Waals surface area (Å²) in [5.41, 5.74) is 2.89. The highest BCUT2D eigenvalue weighted by atomic mass is 15.5. The third-order valence-corrected chi connectivity index (χ3v) is 4.43.